The van der Waals surface area contributed by atoms with Crippen molar-refractivity contribution in [3.8, 4) is 11.5 Å². The molecule has 0 spiro atoms. The van der Waals surface area contributed by atoms with Crippen LogP contribution in [0, 0.1) is 0 Å². The lowest BCUT2D eigenvalue weighted by molar-refractivity contribution is 0.798. The van der Waals surface area contributed by atoms with E-state index < -0.39 is 0 Å². The second-order valence-corrected chi connectivity index (χ2v) is 5.17. The largest absolute Gasteiger partial charge is 0.337 e. The lowest BCUT2D eigenvalue weighted by atomic mass is 10.2. The third-order valence-corrected chi connectivity index (χ3v) is 3.66. The zero-order valence-electron chi connectivity index (χ0n) is 10.8. The van der Waals surface area contributed by atoms with E-state index in [-0.39, 0.29) is 0 Å². The van der Waals surface area contributed by atoms with Crippen molar-refractivity contribution >= 4 is 33.5 Å². The third-order valence-electron chi connectivity index (χ3n) is 3.43. The number of imidazole rings is 1. The van der Waals surface area contributed by atoms with Gasteiger partial charge in [-0.2, -0.15) is 5.10 Å². The van der Waals surface area contributed by atoms with Gasteiger partial charge in [0.05, 0.1) is 16.6 Å². The minimum Gasteiger partial charge on any atom is -0.337 e. The summed E-state index contributed by atoms with van der Waals surface area (Å²) >= 11 is 6.01. The summed E-state index contributed by atoms with van der Waals surface area (Å²) in [6.45, 7) is 0. The molecule has 0 aliphatic rings. The van der Waals surface area contributed by atoms with Gasteiger partial charge in [0.1, 0.15) is 5.69 Å². The summed E-state index contributed by atoms with van der Waals surface area (Å²) < 4.78 is 1.87. The van der Waals surface area contributed by atoms with Crippen LogP contribution in [0.15, 0.2) is 42.5 Å². The highest BCUT2D eigenvalue weighted by atomic mass is 35.5. The number of H-pyrrole nitrogens is 1. The fourth-order valence-corrected chi connectivity index (χ4v) is 2.65. The average molecular weight is 283 g/mol. The molecule has 5 heteroatoms. The van der Waals surface area contributed by atoms with Gasteiger partial charge in [-0.1, -0.05) is 29.8 Å². The summed E-state index contributed by atoms with van der Waals surface area (Å²) in [5.41, 5.74) is 3.75. The van der Waals surface area contributed by atoms with Gasteiger partial charge >= 0.3 is 0 Å². The Balaban J connectivity index is 2.01. The molecule has 0 atom stereocenters. The second kappa shape index (κ2) is 4.08. The molecule has 0 saturated heterocycles. The molecule has 0 amide bonds. The van der Waals surface area contributed by atoms with Gasteiger partial charge in [0.25, 0.3) is 0 Å². The molecule has 4 aromatic rings. The van der Waals surface area contributed by atoms with Crippen LogP contribution in [-0.4, -0.2) is 19.7 Å². The Morgan fingerprint density at radius 3 is 2.90 bits per heavy atom. The molecule has 4 rings (SSSR count). The number of hydrogen-bond acceptors (Lipinski definition) is 2. The quantitative estimate of drug-likeness (QED) is 0.578. The monoisotopic (exact) mass is 282 g/mol. The Hall–Kier alpha value is -2.33. The van der Waals surface area contributed by atoms with Gasteiger partial charge in [-0.15, -0.1) is 0 Å². The van der Waals surface area contributed by atoms with Crippen molar-refractivity contribution in [3.63, 3.8) is 0 Å². The number of aromatic amines is 1. The molecule has 0 aliphatic carbocycles. The normalized spacial score (nSPS) is 11.5. The van der Waals surface area contributed by atoms with Crippen molar-refractivity contribution in [2.45, 2.75) is 0 Å². The summed E-state index contributed by atoms with van der Waals surface area (Å²) in [7, 11) is 1.94. The maximum absolute atomic E-state index is 6.01. The standard InChI is InChI=1S/C15H11ClN4/c1-20-13-5-3-2-4-10(13)14(19-20)15-17-11-7-6-9(16)8-12(11)18-15/h2-8H,1H3,(H,17,18). The van der Waals surface area contributed by atoms with E-state index in [1.807, 2.05) is 48.1 Å². The predicted octanol–water partition coefficient (Wildman–Crippen LogP) is 3.77. The SMILES string of the molecule is Cn1nc(-c2nc3ccc(Cl)cc3[nH]2)c2ccccc21. The van der Waals surface area contributed by atoms with E-state index in [2.05, 4.69) is 21.1 Å². The first-order valence-corrected chi connectivity index (χ1v) is 6.67. The van der Waals surface area contributed by atoms with Crippen molar-refractivity contribution < 1.29 is 0 Å². The van der Waals surface area contributed by atoms with Crippen LogP contribution in [-0.2, 0) is 7.05 Å². The van der Waals surface area contributed by atoms with Crippen LogP contribution in [0.1, 0.15) is 0 Å². The van der Waals surface area contributed by atoms with Crippen LogP contribution in [0.4, 0.5) is 0 Å². The number of nitrogens with one attached hydrogen (secondary N) is 1. The number of para-hydroxylation sites is 1. The van der Waals surface area contributed by atoms with E-state index in [0.717, 1.165) is 33.5 Å². The molecule has 2 aromatic heterocycles. The van der Waals surface area contributed by atoms with Crippen molar-refractivity contribution in [1.29, 1.82) is 0 Å². The van der Waals surface area contributed by atoms with Gasteiger partial charge in [0.15, 0.2) is 5.82 Å². The number of benzene rings is 2. The number of hydrogen-bond donors (Lipinski definition) is 1. The van der Waals surface area contributed by atoms with Crippen LogP contribution in [0.25, 0.3) is 33.5 Å². The molecule has 2 heterocycles. The molecular formula is C15H11ClN4. The van der Waals surface area contributed by atoms with E-state index in [0.29, 0.717) is 5.02 Å². The minimum absolute atomic E-state index is 0.693. The van der Waals surface area contributed by atoms with Crippen molar-refractivity contribution in [3.05, 3.63) is 47.5 Å². The molecular weight excluding hydrogens is 272 g/mol. The van der Waals surface area contributed by atoms with Crippen LogP contribution in [0.2, 0.25) is 5.02 Å². The molecule has 0 saturated carbocycles. The van der Waals surface area contributed by atoms with Crippen LogP contribution < -0.4 is 0 Å². The Kier molecular flexibility index (Phi) is 2.35. The Bertz CT molecular complexity index is 936. The van der Waals surface area contributed by atoms with E-state index in [9.17, 15) is 0 Å². The fraction of sp³-hybridized carbons (Fsp3) is 0.0667. The number of aryl methyl sites for hydroxylation is 1. The van der Waals surface area contributed by atoms with Crippen molar-refractivity contribution in [1.82, 2.24) is 19.7 Å². The average Bonchev–Trinajstić information content (AvgIpc) is 3.00. The number of halogens is 1. The zero-order chi connectivity index (χ0) is 13.7. The van der Waals surface area contributed by atoms with Crippen LogP contribution in [0.3, 0.4) is 0 Å². The maximum atomic E-state index is 6.01. The zero-order valence-corrected chi connectivity index (χ0v) is 11.5. The number of aromatic nitrogens is 4. The summed E-state index contributed by atoms with van der Waals surface area (Å²) in [4.78, 5) is 7.88. The molecule has 0 bridgehead atoms. The highest BCUT2D eigenvalue weighted by molar-refractivity contribution is 6.31. The summed E-state index contributed by atoms with van der Waals surface area (Å²) in [5, 5.41) is 6.34. The van der Waals surface area contributed by atoms with E-state index in [1.54, 1.807) is 0 Å². The highest BCUT2D eigenvalue weighted by Gasteiger charge is 2.13. The molecule has 0 unspecified atom stereocenters. The summed E-state index contributed by atoms with van der Waals surface area (Å²) in [6, 6.07) is 13.7. The topological polar surface area (TPSA) is 46.5 Å². The molecule has 0 fully saturated rings. The maximum Gasteiger partial charge on any atom is 0.159 e. The molecule has 0 aliphatic heterocycles. The first kappa shape index (κ1) is 11.5. The second-order valence-electron chi connectivity index (χ2n) is 4.74. The van der Waals surface area contributed by atoms with Crippen molar-refractivity contribution in [2.24, 2.45) is 7.05 Å². The smallest absolute Gasteiger partial charge is 0.159 e. The Labute approximate surface area is 120 Å². The molecule has 4 nitrogen and oxygen atoms in total. The molecule has 0 radical (unpaired) electrons. The molecule has 98 valence electrons. The lowest BCUT2D eigenvalue weighted by Gasteiger charge is -1.91. The van der Waals surface area contributed by atoms with E-state index >= 15 is 0 Å². The van der Waals surface area contributed by atoms with Gasteiger partial charge < -0.3 is 4.98 Å². The molecule has 20 heavy (non-hydrogen) atoms. The number of nitrogens with zero attached hydrogens (tertiary/aromatic N) is 3. The van der Waals surface area contributed by atoms with Gasteiger partial charge in [0.2, 0.25) is 0 Å². The fourth-order valence-electron chi connectivity index (χ4n) is 2.48. The number of fused-ring (bicyclic) bond motifs is 2. The first-order valence-electron chi connectivity index (χ1n) is 6.30. The highest BCUT2D eigenvalue weighted by Crippen LogP contribution is 2.27. The van der Waals surface area contributed by atoms with Gasteiger partial charge in [0, 0.05) is 17.5 Å². The van der Waals surface area contributed by atoms with Gasteiger partial charge in [-0.25, -0.2) is 4.98 Å². The van der Waals surface area contributed by atoms with Crippen molar-refractivity contribution in [2.75, 3.05) is 0 Å². The summed E-state index contributed by atoms with van der Waals surface area (Å²) in [6.07, 6.45) is 0. The number of rotatable bonds is 1. The third kappa shape index (κ3) is 1.62. The van der Waals surface area contributed by atoms with E-state index in [4.69, 9.17) is 11.6 Å². The molecule has 2 aromatic carbocycles. The first-order chi connectivity index (χ1) is 9.72. The Morgan fingerprint density at radius 1 is 1.15 bits per heavy atom. The van der Waals surface area contributed by atoms with Crippen LogP contribution in [0.5, 0.6) is 0 Å². The summed E-state index contributed by atoms with van der Waals surface area (Å²) in [5.74, 6) is 0.763. The Morgan fingerprint density at radius 2 is 2.00 bits per heavy atom. The lowest BCUT2D eigenvalue weighted by Crippen LogP contribution is -1.90. The predicted molar refractivity (Wildman–Crippen MR) is 80.8 cm³/mol. The van der Waals surface area contributed by atoms with E-state index in [1.165, 1.54) is 0 Å². The van der Waals surface area contributed by atoms with Crippen LogP contribution >= 0.6 is 11.6 Å². The minimum atomic E-state index is 0.693. The van der Waals surface area contributed by atoms with Gasteiger partial charge in [-0.3, -0.25) is 4.68 Å². The molecule has 1 N–H and O–H groups in total. The van der Waals surface area contributed by atoms with Gasteiger partial charge in [-0.05, 0) is 24.3 Å².